The van der Waals surface area contributed by atoms with Gasteiger partial charge in [-0.3, -0.25) is 4.99 Å². The second kappa shape index (κ2) is 11.0. The molecule has 0 fully saturated rings. The quantitative estimate of drug-likeness (QED) is 0.226. The smallest absolute Gasteiger partial charge is 0.191 e. The van der Waals surface area contributed by atoms with Crippen LogP contribution in [0.4, 0.5) is 0 Å². The Hall–Kier alpha value is -0.950. The van der Waals surface area contributed by atoms with Crippen LogP contribution in [0.25, 0.3) is 0 Å². The minimum atomic E-state index is -2.98. The predicted octanol–water partition coefficient (Wildman–Crippen LogP) is 0.136. The van der Waals surface area contributed by atoms with E-state index in [0.717, 1.165) is 43.5 Å². The summed E-state index contributed by atoms with van der Waals surface area (Å²) in [5, 5.41) is 11.0. The number of nitrogens with one attached hydrogen (secondary N) is 2. The van der Waals surface area contributed by atoms with E-state index >= 15 is 0 Å². The van der Waals surface area contributed by atoms with E-state index in [9.17, 15) is 8.42 Å². The molecule has 0 aromatic carbocycles. The zero-order valence-corrected chi connectivity index (χ0v) is 18.7. The van der Waals surface area contributed by atoms with Crippen LogP contribution in [0.15, 0.2) is 4.99 Å². The Morgan fingerprint density at radius 1 is 1.42 bits per heavy atom. The normalized spacial score (nSPS) is 17.3. The number of halogens is 1. The molecule has 0 saturated heterocycles. The van der Waals surface area contributed by atoms with Crippen molar-refractivity contribution in [2.45, 2.75) is 39.3 Å². The zero-order chi connectivity index (χ0) is 18.3. The maximum Gasteiger partial charge on any atom is 0.191 e. The van der Waals surface area contributed by atoms with Crippen LogP contribution in [0.3, 0.4) is 0 Å². The molecule has 1 atom stereocenters. The van der Waals surface area contributed by atoms with Crippen molar-refractivity contribution in [1.29, 1.82) is 0 Å². The van der Waals surface area contributed by atoms with Crippen LogP contribution in [-0.4, -0.2) is 73.5 Å². The van der Waals surface area contributed by atoms with Gasteiger partial charge in [-0.05, 0) is 20.3 Å². The highest BCUT2D eigenvalue weighted by molar-refractivity contribution is 14.0. The molecule has 0 spiro atoms. The first-order chi connectivity index (χ1) is 11.9. The van der Waals surface area contributed by atoms with Crippen LogP contribution in [-0.2, 0) is 27.5 Å². The van der Waals surface area contributed by atoms with E-state index in [1.165, 1.54) is 6.26 Å². The number of fused-ring (bicyclic) bond motifs is 1. The topological polar surface area (TPSA) is 110 Å². The highest BCUT2D eigenvalue weighted by atomic mass is 127. The third kappa shape index (κ3) is 8.16. The van der Waals surface area contributed by atoms with Crippen molar-refractivity contribution in [3.63, 3.8) is 0 Å². The van der Waals surface area contributed by atoms with Gasteiger partial charge < -0.3 is 15.4 Å². The average Bonchev–Trinajstić information content (AvgIpc) is 2.89. The molecule has 1 unspecified atom stereocenters. The average molecular weight is 500 g/mol. The second-order valence-corrected chi connectivity index (χ2v) is 8.40. The summed E-state index contributed by atoms with van der Waals surface area (Å²) in [6, 6.07) is 0.248. The summed E-state index contributed by atoms with van der Waals surface area (Å²) in [5.41, 5.74) is 0. The highest BCUT2D eigenvalue weighted by Gasteiger charge is 2.21. The molecule has 0 amide bonds. The number of aliphatic imine (C=N–C) groups is 1. The molecule has 2 heterocycles. The van der Waals surface area contributed by atoms with E-state index in [1.54, 1.807) is 0 Å². The number of guanidine groups is 1. The molecule has 9 nitrogen and oxygen atoms in total. The summed E-state index contributed by atoms with van der Waals surface area (Å²) in [7, 11) is -2.98. The Balaban J connectivity index is 0.00000338. The minimum absolute atomic E-state index is 0. The minimum Gasteiger partial charge on any atom is -0.378 e. The van der Waals surface area contributed by atoms with E-state index in [2.05, 4.69) is 25.7 Å². The molecule has 0 radical (unpaired) electrons. The first-order valence-electron chi connectivity index (χ1n) is 8.58. The number of ether oxygens (including phenoxy) is 1. The lowest BCUT2D eigenvalue weighted by Crippen LogP contribution is -2.47. The zero-order valence-electron chi connectivity index (χ0n) is 15.6. The van der Waals surface area contributed by atoms with Crippen molar-refractivity contribution in [2.75, 3.05) is 38.3 Å². The summed E-state index contributed by atoms with van der Waals surface area (Å²) in [4.78, 5) is 8.89. The molecular formula is C15H29IN6O3S. The van der Waals surface area contributed by atoms with Gasteiger partial charge in [0.1, 0.15) is 21.5 Å². The fourth-order valence-corrected chi connectivity index (χ4v) is 3.02. The molecule has 1 aromatic rings. The molecule has 1 aromatic heterocycles. The van der Waals surface area contributed by atoms with Crippen LogP contribution in [0.5, 0.6) is 0 Å². The van der Waals surface area contributed by atoms with Crippen molar-refractivity contribution < 1.29 is 13.2 Å². The van der Waals surface area contributed by atoms with Crippen LogP contribution in [0.2, 0.25) is 0 Å². The van der Waals surface area contributed by atoms with E-state index in [4.69, 9.17) is 4.74 Å². The molecule has 0 saturated carbocycles. The summed E-state index contributed by atoms with van der Waals surface area (Å²) in [6.45, 7) is 6.52. The van der Waals surface area contributed by atoms with Gasteiger partial charge in [0, 0.05) is 25.3 Å². The maximum absolute atomic E-state index is 11.0. The molecule has 1 aliphatic rings. The van der Waals surface area contributed by atoms with Gasteiger partial charge in [0.2, 0.25) is 0 Å². The Morgan fingerprint density at radius 3 is 2.88 bits per heavy atom. The molecule has 150 valence electrons. The first kappa shape index (κ1) is 23.1. The maximum atomic E-state index is 11.0. The third-order valence-electron chi connectivity index (χ3n) is 3.75. The fraction of sp³-hybridized carbons (Fsp3) is 0.800. The summed E-state index contributed by atoms with van der Waals surface area (Å²) in [6.07, 6.45) is 3.08. The summed E-state index contributed by atoms with van der Waals surface area (Å²) < 4.78 is 29.3. The number of hydrogen-bond acceptors (Lipinski definition) is 6. The molecule has 0 aliphatic carbocycles. The number of nitrogens with zero attached hydrogens (tertiary/aromatic N) is 4. The monoisotopic (exact) mass is 500 g/mol. The van der Waals surface area contributed by atoms with Gasteiger partial charge in [0.05, 0.1) is 32.1 Å². The lowest BCUT2D eigenvalue weighted by atomic mass is 10.1. The van der Waals surface area contributed by atoms with Crippen molar-refractivity contribution in [1.82, 2.24) is 25.4 Å². The molecule has 11 heteroatoms. The van der Waals surface area contributed by atoms with Gasteiger partial charge in [0.25, 0.3) is 0 Å². The van der Waals surface area contributed by atoms with Gasteiger partial charge in [-0.25, -0.2) is 18.1 Å². The number of aromatic nitrogens is 3. The van der Waals surface area contributed by atoms with Crippen LogP contribution in [0, 0.1) is 6.92 Å². The predicted molar refractivity (Wildman–Crippen MR) is 112 cm³/mol. The number of hydrogen-bond donors (Lipinski definition) is 2. The van der Waals surface area contributed by atoms with Gasteiger partial charge >= 0.3 is 0 Å². The van der Waals surface area contributed by atoms with Crippen molar-refractivity contribution in [2.24, 2.45) is 4.99 Å². The number of sulfone groups is 1. The Bertz CT molecular complexity index is 692. The van der Waals surface area contributed by atoms with Crippen LogP contribution < -0.4 is 10.6 Å². The summed E-state index contributed by atoms with van der Waals surface area (Å²) in [5.74, 6) is 2.62. The lowest BCUT2D eigenvalue weighted by molar-refractivity contribution is 0.157. The second-order valence-electron chi connectivity index (χ2n) is 6.14. The van der Waals surface area contributed by atoms with E-state index in [-0.39, 0.29) is 42.4 Å². The van der Waals surface area contributed by atoms with E-state index < -0.39 is 9.84 Å². The SMILES string of the molecule is CCNC(=NCCOCCS(C)(=O)=O)NC1CCc2nc(C)nn2C1.I. The van der Waals surface area contributed by atoms with E-state index in [0.29, 0.717) is 13.2 Å². The highest BCUT2D eigenvalue weighted by Crippen LogP contribution is 2.12. The van der Waals surface area contributed by atoms with Gasteiger partial charge in [0.15, 0.2) is 5.96 Å². The lowest BCUT2D eigenvalue weighted by Gasteiger charge is -2.25. The number of aryl methyl sites for hydroxylation is 2. The molecule has 2 rings (SSSR count). The van der Waals surface area contributed by atoms with Crippen LogP contribution in [0.1, 0.15) is 25.0 Å². The van der Waals surface area contributed by atoms with Gasteiger partial charge in [-0.1, -0.05) is 0 Å². The first-order valence-corrected chi connectivity index (χ1v) is 10.6. The van der Waals surface area contributed by atoms with Gasteiger partial charge in [-0.15, -0.1) is 24.0 Å². The molecule has 0 bridgehead atoms. The standard InChI is InChI=1S/C15H28N6O3S.HI/c1-4-16-15(17-7-8-24-9-10-25(3,22)23)19-13-5-6-14-18-12(2)20-21(14)11-13;/h13H,4-11H2,1-3H3,(H2,16,17,19);1H. The molecule has 1 aliphatic heterocycles. The van der Waals surface area contributed by atoms with Gasteiger partial charge in [-0.2, -0.15) is 5.10 Å². The van der Waals surface area contributed by atoms with Crippen molar-refractivity contribution in [3.05, 3.63) is 11.6 Å². The Morgan fingerprint density at radius 2 is 2.19 bits per heavy atom. The fourth-order valence-electron chi connectivity index (χ4n) is 2.60. The summed E-state index contributed by atoms with van der Waals surface area (Å²) >= 11 is 0. The molecule has 26 heavy (non-hydrogen) atoms. The largest absolute Gasteiger partial charge is 0.378 e. The number of rotatable bonds is 8. The van der Waals surface area contributed by atoms with Crippen LogP contribution >= 0.6 is 24.0 Å². The molecular weight excluding hydrogens is 471 g/mol. The Kier molecular flexibility index (Phi) is 9.79. The van der Waals surface area contributed by atoms with E-state index in [1.807, 2.05) is 18.5 Å². The van der Waals surface area contributed by atoms with Crippen molar-refractivity contribution >= 4 is 39.8 Å². The third-order valence-corrected chi connectivity index (χ3v) is 4.66. The molecule has 2 N–H and O–H groups in total. The Labute approximate surface area is 172 Å². The van der Waals surface area contributed by atoms with Crippen molar-refractivity contribution in [3.8, 4) is 0 Å².